The summed E-state index contributed by atoms with van der Waals surface area (Å²) in [5.41, 5.74) is 1.78. The second-order valence-electron chi connectivity index (χ2n) is 6.35. The lowest BCUT2D eigenvalue weighted by molar-refractivity contribution is -0.122. The first-order valence-corrected chi connectivity index (χ1v) is 8.62. The highest BCUT2D eigenvalue weighted by Crippen LogP contribution is 2.27. The van der Waals surface area contributed by atoms with Crippen LogP contribution in [0.1, 0.15) is 18.5 Å². The maximum atomic E-state index is 12.4. The molecule has 6 heteroatoms. The molecule has 2 aromatic rings. The quantitative estimate of drug-likeness (QED) is 0.878. The van der Waals surface area contributed by atoms with E-state index in [1.807, 2.05) is 18.2 Å². The fourth-order valence-corrected chi connectivity index (χ4v) is 4.07. The first-order valence-electron chi connectivity index (χ1n) is 7.83. The van der Waals surface area contributed by atoms with Gasteiger partial charge in [-0.05, 0) is 50.0 Å². The van der Waals surface area contributed by atoms with Crippen LogP contribution in [0.5, 0.6) is 0 Å². The lowest BCUT2D eigenvalue weighted by Crippen LogP contribution is -2.57. The maximum Gasteiger partial charge on any atom is 0.226 e. The Morgan fingerprint density at radius 2 is 2.23 bits per heavy atom. The average Bonchev–Trinajstić information content (AvgIpc) is 2.90. The van der Waals surface area contributed by atoms with Crippen molar-refractivity contribution in [3.8, 4) is 0 Å². The van der Waals surface area contributed by atoms with Crippen molar-refractivity contribution in [2.24, 2.45) is 5.92 Å². The van der Waals surface area contributed by atoms with Crippen LogP contribution in [0.2, 0.25) is 0 Å². The second kappa shape index (κ2) is 5.66. The molecule has 3 saturated heterocycles. The number of fused-ring (bicyclic) bond motifs is 4. The first kappa shape index (κ1) is 14.2. The Bertz CT molecular complexity index is 705. The van der Waals surface area contributed by atoms with Crippen LogP contribution in [0.3, 0.4) is 0 Å². The molecule has 0 aliphatic carbocycles. The molecule has 0 spiro atoms. The topological polar surface area (TPSA) is 61.0 Å². The van der Waals surface area contributed by atoms with Gasteiger partial charge < -0.3 is 10.2 Å². The van der Waals surface area contributed by atoms with Crippen LogP contribution in [0.15, 0.2) is 22.7 Å². The molecule has 116 valence electrons. The van der Waals surface area contributed by atoms with Crippen LogP contribution >= 0.6 is 15.9 Å². The van der Waals surface area contributed by atoms with Gasteiger partial charge in [0.1, 0.15) is 0 Å². The highest BCUT2D eigenvalue weighted by Gasteiger charge is 2.34. The van der Waals surface area contributed by atoms with E-state index in [1.165, 1.54) is 25.9 Å². The van der Waals surface area contributed by atoms with Gasteiger partial charge in [-0.2, -0.15) is 5.10 Å². The molecule has 0 saturated carbocycles. The molecule has 22 heavy (non-hydrogen) atoms. The Morgan fingerprint density at radius 3 is 2.95 bits per heavy atom. The fourth-order valence-electron chi connectivity index (χ4n) is 3.72. The van der Waals surface area contributed by atoms with Crippen molar-refractivity contribution in [3.05, 3.63) is 28.4 Å². The minimum atomic E-state index is 0.0900. The van der Waals surface area contributed by atoms with Crippen molar-refractivity contribution < 1.29 is 4.79 Å². The van der Waals surface area contributed by atoms with E-state index in [0.29, 0.717) is 18.4 Å². The molecular formula is C16H19BrN4O. The van der Waals surface area contributed by atoms with Crippen molar-refractivity contribution in [1.29, 1.82) is 0 Å². The van der Waals surface area contributed by atoms with E-state index >= 15 is 0 Å². The number of hydrogen-bond acceptors (Lipinski definition) is 3. The molecule has 0 radical (unpaired) electrons. The highest BCUT2D eigenvalue weighted by atomic mass is 79.9. The number of carbonyl (C=O) groups is 1. The third kappa shape index (κ3) is 2.65. The third-order valence-electron chi connectivity index (χ3n) is 4.94. The van der Waals surface area contributed by atoms with Gasteiger partial charge in [-0.25, -0.2) is 0 Å². The summed E-state index contributed by atoms with van der Waals surface area (Å²) in [5.74, 6) is 0.746. The molecule has 1 atom stereocenters. The Kier molecular flexibility index (Phi) is 3.66. The van der Waals surface area contributed by atoms with E-state index in [-0.39, 0.29) is 5.91 Å². The van der Waals surface area contributed by atoms with E-state index in [9.17, 15) is 4.79 Å². The minimum absolute atomic E-state index is 0.0900. The van der Waals surface area contributed by atoms with Crippen LogP contribution in [0.25, 0.3) is 10.9 Å². The Morgan fingerprint density at radius 1 is 1.41 bits per heavy atom. The molecule has 3 aliphatic heterocycles. The van der Waals surface area contributed by atoms with E-state index in [1.54, 1.807) is 0 Å². The van der Waals surface area contributed by atoms with Gasteiger partial charge in [0.2, 0.25) is 5.91 Å². The van der Waals surface area contributed by atoms with Gasteiger partial charge in [-0.1, -0.05) is 15.9 Å². The Hall–Kier alpha value is -1.40. The van der Waals surface area contributed by atoms with Gasteiger partial charge in [0.05, 0.1) is 17.6 Å². The number of carbonyl (C=O) groups excluding carboxylic acids is 1. The van der Waals surface area contributed by atoms with Crippen LogP contribution < -0.4 is 5.32 Å². The predicted molar refractivity (Wildman–Crippen MR) is 88.6 cm³/mol. The normalized spacial score (nSPS) is 27.2. The van der Waals surface area contributed by atoms with E-state index in [2.05, 4.69) is 36.3 Å². The summed E-state index contributed by atoms with van der Waals surface area (Å²) in [6.45, 7) is 3.39. The van der Waals surface area contributed by atoms with Crippen molar-refractivity contribution in [2.75, 3.05) is 19.6 Å². The van der Waals surface area contributed by atoms with Crippen molar-refractivity contribution in [1.82, 2.24) is 20.4 Å². The predicted octanol–water partition coefficient (Wildman–Crippen LogP) is 2.08. The molecule has 4 heterocycles. The Labute approximate surface area is 137 Å². The molecule has 1 aromatic carbocycles. The van der Waals surface area contributed by atoms with Gasteiger partial charge in [-0.15, -0.1) is 0 Å². The highest BCUT2D eigenvalue weighted by molar-refractivity contribution is 9.10. The SMILES string of the molecule is O=C(Cc1[nH]nc2cc(Br)ccc12)N[C@@H]1CN2CCC1CC2. The lowest BCUT2D eigenvalue weighted by atomic mass is 9.84. The summed E-state index contributed by atoms with van der Waals surface area (Å²) in [4.78, 5) is 14.8. The molecule has 3 fully saturated rings. The number of nitrogens with one attached hydrogen (secondary N) is 2. The number of piperidine rings is 3. The number of benzene rings is 1. The minimum Gasteiger partial charge on any atom is -0.351 e. The number of aromatic amines is 1. The molecule has 5 nitrogen and oxygen atoms in total. The van der Waals surface area contributed by atoms with Crippen molar-refractivity contribution >= 4 is 32.7 Å². The van der Waals surface area contributed by atoms with Crippen LogP contribution in [-0.4, -0.2) is 46.7 Å². The number of aromatic nitrogens is 2. The molecule has 0 unspecified atom stereocenters. The molecule has 1 aromatic heterocycles. The van der Waals surface area contributed by atoms with Crippen molar-refractivity contribution in [2.45, 2.75) is 25.3 Å². The van der Waals surface area contributed by atoms with Gasteiger partial charge in [-0.3, -0.25) is 9.89 Å². The second-order valence-corrected chi connectivity index (χ2v) is 7.27. The summed E-state index contributed by atoms with van der Waals surface area (Å²) >= 11 is 3.44. The molecular weight excluding hydrogens is 344 g/mol. The van der Waals surface area contributed by atoms with Gasteiger partial charge in [0.15, 0.2) is 0 Å². The number of halogens is 1. The summed E-state index contributed by atoms with van der Waals surface area (Å²) in [5, 5.41) is 11.5. The number of hydrogen-bond donors (Lipinski definition) is 2. The zero-order valence-electron chi connectivity index (χ0n) is 12.3. The molecule has 3 aliphatic rings. The average molecular weight is 363 g/mol. The summed E-state index contributed by atoms with van der Waals surface area (Å²) in [6, 6.07) is 6.26. The smallest absolute Gasteiger partial charge is 0.226 e. The zero-order valence-corrected chi connectivity index (χ0v) is 13.9. The van der Waals surface area contributed by atoms with E-state index in [0.717, 1.165) is 27.6 Å². The largest absolute Gasteiger partial charge is 0.351 e. The number of nitrogens with zero attached hydrogens (tertiary/aromatic N) is 2. The number of rotatable bonds is 3. The molecule has 2 bridgehead atoms. The summed E-state index contributed by atoms with van der Waals surface area (Å²) < 4.78 is 0.995. The van der Waals surface area contributed by atoms with Gasteiger partial charge >= 0.3 is 0 Å². The first-order chi connectivity index (χ1) is 10.7. The van der Waals surface area contributed by atoms with Gasteiger partial charge in [0.25, 0.3) is 0 Å². The standard InChI is InChI=1S/C16H19BrN4O/c17-11-1-2-12-13(7-11)19-20-14(12)8-16(22)18-15-9-21-5-3-10(15)4-6-21/h1-2,7,10,15H,3-6,8-9H2,(H,18,22)(H,19,20)/t15-/m1/s1. The van der Waals surface area contributed by atoms with Crippen LogP contribution in [0, 0.1) is 5.92 Å². The van der Waals surface area contributed by atoms with E-state index in [4.69, 9.17) is 0 Å². The van der Waals surface area contributed by atoms with Crippen LogP contribution in [0.4, 0.5) is 0 Å². The van der Waals surface area contributed by atoms with Crippen molar-refractivity contribution in [3.63, 3.8) is 0 Å². The van der Waals surface area contributed by atoms with E-state index < -0.39 is 0 Å². The number of amides is 1. The summed E-state index contributed by atoms with van der Waals surface area (Å²) in [6.07, 6.45) is 2.79. The summed E-state index contributed by atoms with van der Waals surface area (Å²) in [7, 11) is 0. The van der Waals surface area contributed by atoms with Crippen LogP contribution in [-0.2, 0) is 11.2 Å². The third-order valence-corrected chi connectivity index (χ3v) is 5.43. The molecule has 5 rings (SSSR count). The molecule has 2 N–H and O–H groups in total. The van der Waals surface area contributed by atoms with Gasteiger partial charge in [0, 0.05) is 22.4 Å². The molecule has 1 amide bonds. The maximum absolute atomic E-state index is 12.4. The zero-order chi connectivity index (χ0) is 15.1. The number of H-pyrrole nitrogens is 1. The lowest BCUT2D eigenvalue weighted by Gasteiger charge is -2.44. The Balaban J connectivity index is 1.45. The monoisotopic (exact) mass is 362 g/mol. The fraction of sp³-hybridized carbons (Fsp3) is 0.500.